The van der Waals surface area contributed by atoms with Crippen LogP contribution in [-0.4, -0.2) is 35.4 Å². The Morgan fingerprint density at radius 1 is 0.973 bits per heavy atom. The molecule has 4 rings (SSSR count). The summed E-state index contributed by atoms with van der Waals surface area (Å²) in [7, 11) is 0. The van der Waals surface area contributed by atoms with Crippen LogP contribution >= 0.6 is 15.9 Å². The summed E-state index contributed by atoms with van der Waals surface area (Å²) in [6, 6.07) is 23.2. The lowest BCUT2D eigenvalue weighted by Crippen LogP contribution is -2.53. The molecule has 0 spiro atoms. The van der Waals surface area contributed by atoms with Gasteiger partial charge < -0.3 is 15.0 Å². The van der Waals surface area contributed by atoms with Crippen LogP contribution in [0.15, 0.2) is 77.3 Å². The van der Waals surface area contributed by atoms with E-state index in [0.717, 1.165) is 52.4 Å². The Labute approximate surface area is 228 Å². The van der Waals surface area contributed by atoms with E-state index in [-0.39, 0.29) is 24.5 Å². The molecular formula is C31H35BrN2O3. The summed E-state index contributed by atoms with van der Waals surface area (Å²) < 4.78 is 6.91. The van der Waals surface area contributed by atoms with Crippen LogP contribution in [0, 0.1) is 13.8 Å². The molecule has 0 aromatic heterocycles. The average molecular weight is 564 g/mol. The molecule has 1 aliphatic rings. The fourth-order valence-corrected chi connectivity index (χ4v) is 5.38. The Kier molecular flexibility index (Phi) is 9.40. The van der Waals surface area contributed by atoms with Crippen molar-refractivity contribution in [3.05, 3.63) is 99.5 Å². The van der Waals surface area contributed by atoms with Gasteiger partial charge in [-0.15, -0.1) is 0 Å². The topological polar surface area (TPSA) is 58.6 Å². The Balaban J connectivity index is 1.62. The van der Waals surface area contributed by atoms with Gasteiger partial charge in [-0.25, -0.2) is 0 Å². The molecule has 1 saturated carbocycles. The van der Waals surface area contributed by atoms with E-state index >= 15 is 0 Å². The number of amides is 2. The predicted molar refractivity (Wildman–Crippen MR) is 150 cm³/mol. The molecule has 0 aliphatic heterocycles. The molecule has 2 amide bonds. The minimum Gasteiger partial charge on any atom is -0.483 e. The first-order valence-corrected chi connectivity index (χ1v) is 13.8. The van der Waals surface area contributed by atoms with Crippen LogP contribution in [0.1, 0.15) is 47.9 Å². The summed E-state index contributed by atoms with van der Waals surface area (Å²) in [5.41, 5.74) is 4.07. The number of aryl methyl sites for hydroxylation is 2. The van der Waals surface area contributed by atoms with E-state index in [9.17, 15) is 9.59 Å². The minimum absolute atomic E-state index is 0.106. The number of hydrogen-bond donors (Lipinski definition) is 1. The normalized spacial score (nSPS) is 14.2. The van der Waals surface area contributed by atoms with Gasteiger partial charge in [0.2, 0.25) is 5.91 Å². The first kappa shape index (κ1) is 26.9. The highest BCUT2D eigenvalue weighted by Gasteiger charge is 2.32. The van der Waals surface area contributed by atoms with E-state index in [0.29, 0.717) is 18.7 Å². The maximum absolute atomic E-state index is 13.8. The zero-order chi connectivity index (χ0) is 26.2. The van der Waals surface area contributed by atoms with E-state index in [1.54, 1.807) is 4.90 Å². The molecule has 1 N–H and O–H groups in total. The summed E-state index contributed by atoms with van der Waals surface area (Å²) in [6.45, 7) is 4.17. The zero-order valence-corrected chi connectivity index (χ0v) is 23.2. The van der Waals surface area contributed by atoms with Crippen LogP contribution in [0.4, 0.5) is 0 Å². The van der Waals surface area contributed by atoms with Gasteiger partial charge in [-0.1, -0.05) is 88.9 Å². The van der Waals surface area contributed by atoms with Crippen LogP contribution in [0.2, 0.25) is 0 Å². The molecule has 3 aromatic carbocycles. The molecule has 5 nitrogen and oxygen atoms in total. The molecule has 1 atom stereocenters. The lowest BCUT2D eigenvalue weighted by atomic mass is 10.0. The van der Waals surface area contributed by atoms with Crippen molar-refractivity contribution in [2.75, 3.05) is 6.61 Å². The number of rotatable bonds is 10. The summed E-state index contributed by atoms with van der Waals surface area (Å²) in [5, 5.41) is 3.24. The van der Waals surface area contributed by atoms with Crippen molar-refractivity contribution >= 4 is 27.7 Å². The van der Waals surface area contributed by atoms with Crippen LogP contribution in [0.3, 0.4) is 0 Å². The van der Waals surface area contributed by atoms with Crippen LogP contribution in [0.25, 0.3) is 0 Å². The van der Waals surface area contributed by atoms with E-state index in [4.69, 9.17) is 4.74 Å². The second kappa shape index (κ2) is 12.9. The van der Waals surface area contributed by atoms with Gasteiger partial charge >= 0.3 is 0 Å². The van der Waals surface area contributed by atoms with E-state index < -0.39 is 6.04 Å². The number of nitrogens with one attached hydrogen (secondary N) is 1. The minimum atomic E-state index is -0.655. The van der Waals surface area contributed by atoms with Crippen LogP contribution < -0.4 is 10.1 Å². The quantitative estimate of drug-likeness (QED) is 0.322. The molecule has 6 heteroatoms. The van der Waals surface area contributed by atoms with E-state index in [1.165, 1.54) is 0 Å². The van der Waals surface area contributed by atoms with Gasteiger partial charge in [0.15, 0.2) is 6.61 Å². The summed E-state index contributed by atoms with van der Waals surface area (Å²) in [6.07, 6.45) is 4.65. The standard InChI is InChI=1S/C31H35BrN2O3/c1-22-15-16-29(23(2)17-22)37-21-30(35)34(20-25-11-8-12-26(32)18-25)28(19-24-9-4-3-5-10-24)31(36)33-27-13-6-7-14-27/h3-5,8-12,15-18,27-28H,6-7,13-14,19-21H2,1-2H3,(H,33,36)/t28-/m1/s1. The number of ether oxygens (including phenoxy) is 1. The average Bonchev–Trinajstić information content (AvgIpc) is 3.39. The Bertz CT molecular complexity index is 1210. The monoisotopic (exact) mass is 562 g/mol. The highest BCUT2D eigenvalue weighted by atomic mass is 79.9. The molecule has 0 radical (unpaired) electrons. The van der Waals surface area contributed by atoms with Gasteiger partial charge in [-0.05, 0) is 61.6 Å². The van der Waals surface area contributed by atoms with Crippen LogP contribution in [-0.2, 0) is 22.6 Å². The Hall–Kier alpha value is -3.12. The van der Waals surface area contributed by atoms with Gasteiger partial charge in [0, 0.05) is 23.5 Å². The molecule has 0 unspecified atom stereocenters. The van der Waals surface area contributed by atoms with Gasteiger partial charge in [0.1, 0.15) is 11.8 Å². The Morgan fingerprint density at radius 3 is 2.41 bits per heavy atom. The van der Waals surface area contributed by atoms with E-state index in [1.807, 2.05) is 86.6 Å². The van der Waals surface area contributed by atoms with Crippen molar-refractivity contribution in [2.24, 2.45) is 0 Å². The molecule has 0 bridgehead atoms. The second-order valence-corrected chi connectivity index (χ2v) is 10.8. The zero-order valence-electron chi connectivity index (χ0n) is 21.6. The van der Waals surface area contributed by atoms with Crippen molar-refractivity contribution < 1.29 is 14.3 Å². The fourth-order valence-electron chi connectivity index (χ4n) is 4.94. The lowest BCUT2D eigenvalue weighted by Gasteiger charge is -2.32. The van der Waals surface area contributed by atoms with Gasteiger partial charge in [-0.3, -0.25) is 9.59 Å². The summed E-state index contributed by atoms with van der Waals surface area (Å²) >= 11 is 3.53. The van der Waals surface area contributed by atoms with Crippen molar-refractivity contribution in [3.8, 4) is 5.75 Å². The molecule has 0 heterocycles. The molecule has 0 saturated heterocycles. The molecule has 194 valence electrons. The maximum atomic E-state index is 13.8. The smallest absolute Gasteiger partial charge is 0.261 e. The molecule has 1 fully saturated rings. The van der Waals surface area contributed by atoms with Crippen molar-refractivity contribution in [3.63, 3.8) is 0 Å². The fraction of sp³-hybridized carbons (Fsp3) is 0.355. The SMILES string of the molecule is Cc1ccc(OCC(=O)N(Cc2cccc(Br)c2)[C@H](Cc2ccccc2)C(=O)NC2CCCC2)c(C)c1. The van der Waals surface area contributed by atoms with Crippen molar-refractivity contribution in [1.82, 2.24) is 10.2 Å². The Morgan fingerprint density at radius 2 is 1.70 bits per heavy atom. The first-order chi connectivity index (χ1) is 17.9. The van der Waals surface area contributed by atoms with Crippen molar-refractivity contribution in [2.45, 2.75) is 64.6 Å². The van der Waals surface area contributed by atoms with Gasteiger partial charge in [0.05, 0.1) is 0 Å². The highest BCUT2D eigenvalue weighted by molar-refractivity contribution is 9.10. The van der Waals surface area contributed by atoms with Crippen LogP contribution in [0.5, 0.6) is 5.75 Å². The third-order valence-electron chi connectivity index (χ3n) is 6.90. The third kappa shape index (κ3) is 7.68. The predicted octanol–water partition coefficient (Wildman–Crippen LogP) is 6.14. The number of nitrogens with zero attached hydrogens (tertiary/aromatic N) is 1. The number of carbonyl (C=O) groups is 2. The maximum Gasteiger partial charge on any atom is 0.261 e. The molecule has 1 aliphatic carbocycles. The molecule has 37 heavy (non-hydrogen) atoms. The van der Waals surface area contributed by atoms with Gasteiger partial charge in [-0.2, -0.15) is 0 Å². The van der Waals surface area contributed by atoms with Gasteiger partial charge in [0.25, 0.3) is 5.91 Å². The van der Waals surface area contributed by atoms with Crippen molar-refractivity contribution in [1.29, 1.82) is 0 Å². The number of hydrogen-bond acceptors (Lipinski definition) is 3. The summed E-state index contributed by atoms with van der Waals surface area (Å²) in [5.74, 6) is 0.351. The summed E-state index contributed by atoms with van der Waals surface area (Å²) in [4.78, 5) is 29.2. The van der Waals surface area contributed by atoms with E-state index in [2.05, 4.69) is 21.2 Å². The largest absolute Gasteiger partial charge is 0.483 e. The molecule has 3 aromatic rings. The number of carbonyl (C=O) groups excluding carboxylic acids is 2. The molecular weight excluding hydrogens is 528 g/mol. The number of benzene rings is 3. The first-order valence-electron chi connectivity index (χ1n) is 13.0. The third-order valence-corrected chi connectivity index (χ3v) is 7.39. The number of halogens is 1. The second-order valence-electron chi connectivity index (χ2n) is 9.90. The lowest BCUT2D eigenvalue weighted by molar-refractivity contribution is -0.143. The highest BCUT2D eigenvalue weighted by Crippen LogP contribution is 2.22.